The molecule has 1 amide bonds. The first-order valence-corrected chi connectivity index (χ1v) is 14.2. The molecule has 0 unspecified atom stereocenters. The van der Waals surface area contributed by atoms with E-state index in [9.17, 15) is 13.2 Å². The molecule has 1 saturated heterocycles. The van der Waals surface area contributed by atoms with E-state index in [1.807, 2.05) is 36.4 Å². The largest absolute Gasteiger partial charge is 0.495 e. The molecule has 1 aliphatic heterocycles. The molecule has 10 heteroatoms. The smallest absolute Gasteiger partial charge is 0.260 e. The Bertz CT molecular complexity index is 1470. The van der Waals surface area contributed by atoms with E-state index in [1.165, 1.54) is 27.8 Å². The van der Waals surface area contributed by atoms with Crippen LogP contribution in [0.4, 0.5) is 5.13 Å². The van der Waals surface area contributed by atoms with Crippen LogP contribution in [-0.4, -0.2) is 50.9 Å². The average Bonchev–Trinajstić information content (AvgIpc) is 3.63. The zero-order valence-corrected chi connectivity index (χ0v) is 22.2. The van der Waals surface area contributed by atoms with Crippen molar-refractivity contribution in [2.24, 2.45) is 0 Å². The number of sulfonamides is 1. The maximum absolute atomic E-state index is 13.8. The fourth-order valence-corrected chi connectivity index (χ4v) is 6.97. The first-order valence-electron chi connectivity index (χ1n) is 11.9. The zero-order valence-electron chi connectivity index (χ0n) is 20.6. The van der Waals surface area contributed by atoms with Crippen molar-refractivity contribution in [2.45, 2.75) is 24.3 Å². The van der Waals surface area contributed by atoms with Gasteiger partial charge in [-0.15, -0.1) is 0 Å². The van der Waals surface area contributed by atoms with Gasteiger partial charge in [-0.2, -0.15) is 4.31 Å². The summed E-state index contributed by atoms with van der Waals surface area (Å²) in [5, 5.41) is 0.486. The molecule has 0 spiro atoms. The van der Waals surface area contributed by atoms with Crippen molar-refractivity contribution in [3.63, 3.8) is 0 Å². The minimum absolute atomic E-state index is 0.190. The fraction of sp³-hybridized carbons (Fsp3) is 0.259. The monoisotopic (exact) mass is 537 g/mol. The van der Waals surface area contributed by atoms with Gasteiger partial charge in [-0.1, -0.05) is 41.7 Å². The van der Waals surface area contributed by atoms with Gasteiger partial charge in [0.25, 0.3) is 5.91 Å². The molecule has 1 fully saturated rings. The number of hydrogen-bond donors (Lipinski definition) is 0. The third kappa shape index (κ3) is 4.92. The number of anilines is 1. The van der Waals surface area contributed by atoms with Crippen LogP contribution in [0.1, 0.15) is 28.8 Å². The van der Waals surface area contributed by atoms with Gasteiger partial charge in [0.15, 0.2) is 5.13 Å². The molecular formula is C27H27N3O5S2. The van der Waals surface area contributed by atoms with E-state index in [4.69, 9.17) is 14.5 Å². The summed E-state index contributed by atoms with van der Waals surface area (Å²) in [6, 6.07) is 19.4. The second-order valence-electron chi connectivity index (χ2n) is 8.66. The molecule has 0 aliphatic carbocycles. The molecule has 0 bridgehead atoms. The third-order valence-corrected chi connectivity index (χ3v) is 9.37. The predicted molar refractivity (Wildman–Crippen MR) is 144 cm³/mol. The number of fused-ring (bicyclic) bond motifs is 1. The van der Waals surface area contributed by atoms with Gasteiger partial charge in [0.2, 0.25) is 10.0 Å². The number of methoxy groups -OCH3 is 2. The van der Waals surface area contributed by atoms with Crippen molar-refractivity contribution in [2.75, 3.05) is 32.2 Å². The van der Waals surface area contributed by atoms with Crippen LogP contribution in [0.2, 0.25) is 0 Å². The molecule has 5 rings (SSSR count). The number of carbonyl (C=O) groups is 1. The highest BCUT2D eigenvalue weighted by molar-refractivity contribution is 7.89. The van der Waals surface area contributed by atoms with Crippen LogP contribution in [0.25, 0.3) is 10.2 Å². The van der Waals surface area contributed by atoms with Crippen LogP contribution in [0, 0.1) is 0 Å². The van der Waals surface area contributed by atoms with E-state index < -0.39 is 10.0 Å². The van der Waals surface area contributed by atoms with E-state index in [0.717, 1.165) is 23.1 Å². The Hall–Kier alpha value is -3.47. The molecule has 37 heavy (non-hydrogen) atoms. The van der Waals surface area contributed by atoms with Crippen LogP contribution in [-0.2, 0) is 16.6 Å². The molecule has 192 valence electrons. The van der Waals surface area contributed by atoms with Gasteiger partial charge < -0.3 is 9.47 Å². The van der Waals surface area contributed by atoms with E-state index in [2.05, 4.69) is 0 Å². The highest BCUT2D eigenvalue weighted by atomic mass is 32.2. The quantitative estimate of drug-likeness (QED) is 0.316. The molecule has 0 saturated carbocycles. The summed E-state index contributed by atoms with van der Waals surface area (Å²) in [6.45, 7) is 1.34. The van der Waals surface area contributed by atoms with Gasteiger partial charge in [0.05, 0.1) is 25.7 Å². The van der Waals surface area contributed by atoms with Gasteiger partial charge in [0.1, 0.15) is 21.7 Å². The summed E-state index contributed by atoms with van der Waals surface area (Å²) < 4.78 is 39.1. The predicted octanol–water partition coefficient (Wildman–Crippen LogP) is 4.95. The minimum Gasteiger partial charge on any atom is -0.495 e. The van der Waals surface area contributed by atoms with E-state index in [-0.39, 0.29) is 17.3 Å². The molecule has 0 atom stereocenters. The number of amides is 1. The Balaban J connectivity index is 1.53. The van der Waals surface area contributed by atoms with Gasteiger partial charge in [-0.05, 0) is 54.8 Å². The van der Waals surface area contributed by atoms with Crippen LogP contribution in [0.15, 0.2) is 71.6 Å². The lowest BCUT2D eigenvalue weighted by molar-refractivity contribution is 0.0985. The molecule has 8 nitrogen and oxygen atoms in total. The molecular weight excluding hydrogens is 510 g/mol. The molecule has 4 aromatic rings. The average molecular weight is 538 g/mol. The third-order valence-electron chi connectivity index (χ3n) is 6.36. The maximum Gasteiger partial charge on any atom is 0.260 e. The van der Waals surface area contributed by atoms with Crippen molar-refractivity contribution in [1.29, 1.82) is 0 Å². The number of rotatable bonds is 8. The fourth-order valence-electron chi connectivity index (χ4n) is 4.38. The Morgan fingerprint density at radius 1 is 0.946 bits per heavy atom. The van der Waals surface area contributed by atoms with Crippen LogP contribution < -0.4 is 14.4 Å². The van der Waals surface area contributed by atoms with Crippen molar-refractivity contribution in [3.8, 4) is 11.5 Å². The maximum atomic E-state index is 13.8. The van der Waals surface area contributed by atoms with Gasteiger partial charge in [-0.25, -0.2) is 13.4 Å². The number of thiazole rings is 1. The summed E-state index contributed by atoms with van der Waals surface area (Å²) in [5.74, 6) is 0.941. The summed E-state index contributed by atoms with van der Waals surface area (Å²) >= 11 is 1.34. The number of hydrogen-bond acceptors (Lipinski definition) is 7. The number of aromatic nitrogens is 1. The molecule has 1 aromatic heterocycles. The lowest BCUT2D eigenvalue weighted by Gasteiger charge is -2.21. The SMILES string of the molecule is COc1ccc(OC)c2sc(N(Cc3ccccc3)C(=O)c3ccc(S(=O)(=O)N4CCCC4)cc3)nc12. The molecule has 1 aliphatic rings. The number of carbonyl (C=O) groups excluding carboxylic acids is 1. The molecule has 0 N–H and O–H groups in total. The summed E-state index contributed by atoms with van der Waals surface area (Å²) in [4.78, 5) is 20.4. The second-order valence-corrected chi connectivity index (χ2v) is 11.6. The van der Waals surface area contributed by atoms with Crippen molar-refractivity contribution in [3.05, 3.63) is 77.9 Å². The lowest BCUT2D eigenvalue weighted by Crippen LogP contribution is -2.30. The molecule has 3 aromatic carbocycles. The van der Waals surface area contributed by atoms with Crippen LogP contribution in [0.5, 0.6) is 11.5 Å². The topological polar surface area (TPSA) is 89.0 Å². The van der Waals surface area contributed by atoms with E-state index >= 15 is 0 Å². The number of benzene rings is 3. The summed E-state index contributed by atoms with van der Waals surface area (Å²) in [6.07, 6.45) is 1.73. The lowest BCUT2D eigenvalue weighted by atomic mass is 10.1. The summed E-state index contributed by atoms with van der Waals surface area (Å²) in [5.41, 5.74) is 1.91. The highest BCUT2D eigenvalue weighted by Crippen LogP contribution is 2.40. The molecule has 0 radical (unpaired) electrons. The zero-order chi connectivity index (χ0) is 26.0. The molecule has 2 heterocycles. The second kappa shape index (κ2) is 10.5. The Morgan fingerprint density at radius 3 is 2.24 bits per heavy atom. The first-order chi connectivity index (χ1) is 17.9. The van der Waals surface area contributed by atoms with E-state index in [1.54, 1.807) is 37.3 Å². The Morgan fingerprint density at radius 2 is 1.59 bits per heavy atom. The van der Waals surface area contributed by atoms with Crippen molar-refractivity contribution >= 4 is 42.6 Å². The normalized spacial score (nSPS) is 14.1. The van der Waals surface area contributed by atoms with Crippen molar-refractivity contribution < 1.29 is 22.7 Å². The van der Waals surface area contributed by atoms with Crippen molar-refractivity contribution in [1.82, 2.24) is 9.29 Å². The first kappa shape index (κ1) is 25.2. The van der Waals surface area contributed by atoms with Gasteiger partial charge >= 0.3 is 0 Å². The summed E-state index contributed by atoms with van der Waals surface area (Å²) in [7, 11) is -0.402. The Kier molecular flexibility index (Phi) is 7.14. The van der Waals surface area contributed by atoms with Gasteiger partial charge in [-0.3, -0.25) is 9.69 Å². The van der Waals surface area contributed by atoms with Gasteiger partial charge in [0, 0.05) is 18.7 Å². The standard InChI is InChI=1S/C27H27N3O5S2/c1-34-22-14-15-23(35-2)25-24(22)28-27(36-25)30(18-19-8-4-3-5-9-19)26(31)20-10-12-21(13-11-20)37(32,33)29-16-6-7-17-29/h3-5,8-15H,6-7,16-18H2,1-2H3. The van der Waals surface area contributed by atoms with E-state index in [0.29, 0.717) is 40.8 Å². The van der Waals surface area contributed by atoms with Crippen LogP contribution >= 0.6 is 11.3 Å². The number of nitrogens with zero attached hydrogens (tertiary/aromatic N) is 3. The minimum atomic E-state index is -3.56. The number of ether oxygens (including phenoxy) is 2. The highest BCUT2D eigenvalue weighted by Gasteiger charge is 2.28. The Labute approximate surface area is 220 Å². The van der Waals surface area contributed by atoms with Crippen LogP contribution in [0.3, 0.4) is 0 Å².